The van der Waals surface area contributed by atoms with Crippen LogP contribution >= 0.6 is 7.75 Å². The minimum absolute atomic E-state index is 0.0737. The van der Waals surface area contributed by atoms with Crippen LogP contribution in [0.1, 0.15) is 52.7 Å². The molecule has 0 aromatic carbocycles. The van der Waals surface area contributed by atoms with Gasteiger partial charge < -0.3 is 19.9 Å². The molecule has 15 heteroatoms. The topological polar surface area (TPSA) is 162 Å². The van der Waals surface area contributed by atoms with Gasteiger partial charge in [0.2, 0.25) is 11.8 Å². The van der Waals surface area contributed by atoms with E-state index >= 15 is 4.39 Å². The number of rotatable bonds is 7. The maximum Gasteiger partial charge on any atom is 0.406 e. The lowest BCUT2D eigenvalue weighted by Crippen LogP contribution is -2.47. The quantitative estimate of drug-likeness (QED) is 0.399. The monoisotopic (exact) mass is 528 g/mol. The van der Waals surface area contributed by atoms with Gasteiger partial charge in [0.1, 0.15) is 24.4 Å². The van der Waals surface area contributed by atoms with Crippen LogP contribution in [0, 0.1) is 0 Å². The SMILES string of the molecule is CCOc1nc(N)nc2c1ncn2[C@@H]1O[C@@H]2COP(=O)(N[C@H](C)C(=O)OC3CCCC3)O[C@H]2[C@@]1(C)F. The molecule has 0 spiro atoms. The second-order valence-electron chi connectivity index (χ2n) is 9.34. The summed E-state index contributed by atoms with van der Waals surface area (Å²) in [6.45, 7) is 4.65. The lowest BCUT2D eigenvalue weighted by molar-refractivity contribution is -0.150. The molecule has 36 heavy (non-hydrogen) atoms. The summed E-state index contributed by atoms with van der Waals surface area (Å²) in [6, 6.07) is -0.980. The van der Waals surface area contributed by atoms with E-state index in [0.717, 1.165) is 25.7 Å². The summed E-state index contributed by atoms with van der Waals surface area (Å²) in [7, 11) is -4.06. The van der Waals surface area contributed by atoms with Gasteiger partial charge in [0.05, 0.1) is 19.5 Å². The van der Waals surface area contributed by atoms with Crippen LogP contribution in [0.25, 0.3) is 11.2 Å². The third kappa shape index (κ3) is 4.56. The number of hydrogen-bond acceptors (Lipinski definition) is 11. The number of ether oxygens (including phenoxy) is 3. The van der Waals surface area contributed by atoms with Crippen LogP contribution < -0.4 is 15.6 Å². The number of imidazole rings is 1. The van der Waals surface area contributed by atoms with E-state index in [9.17, 15) is 9.36 Å². The fourth-order valence-electron chi connectivity index (χ4n) is 4.81. The maximum atomic E-state index is 16.3. The Morgan fingerprint density at radius 2 is 2.17 bits per heavy atom. The highest BCUT2D eigenvalue weighted by molar-refractivity contribution is 7.51. The van der Waals surface area contributed by atoms with Crippen molar-refractivity contribution < 1.29 is 37.0 Å². The number of nitrogens with one attached hydrogen (secondary N) is 1. The molecule has 2 aliphatic heterocycles. The van der Waals surface area contributed by atoms with Gasteiger partial charge in [-0.25, -0.2) is 19.0 Å². The Balaban J connectivity index is 1.34. The van der Waals surface area contributed by atoms with Gasteiger partial charge in [0.25, 0.3) is 0 Å². The van der Waals surface area contributed by atoms with E-state index in [1.807, 2.05) is 0 Å². The predicted molar refractivity (Wildman–Crippen MR) is 124 cm³/mol. The van der Waals surface area contributed by atoms with Crippen molar-refractivity contribution in [3.63, 3.8) is 0 Å². The van der Waals surface area contributed by atoms with Crippen LogP contribution in [0.15, 0.2) is 6.33 Å². The minimum atomic E-state index is -4.06. The first-order valence-electron chi connectivity index (χ1n) is 12.0. The van der Waals surface area contributed by atoms with Crippen molar-refractivity contribution in [3.8, 4) is 5.88 Å². The first kappa shape index (κ1) is 25.3. The van der Waals surface area contributed by atoms with Gasteiger partial charge in [-0.15, -0.1) is 0 Å². The molecule has 3 N–H and O–H groups in total. The second kappa shape index (κ2) is 9.49. The van der Waals surface area contributed by atoms with Crippen molar-refractivity contribution in [2.45, 2.75) is 82.7 Å². The van der Waals surface area contributed by atoms with Crippen LogP contribution in [0.2, 0.25) is 0 Å². The number of hydrogen-bond donors (Lipinski definition) is 2. The predicted octanol–water partition coefficient (Wildman–Crippen LogP) is 2.42. The maximum absolute atomic E-state index is 16.3. The number of halogens is 1. The highest BCUT2D eigenvalue weighted by Gasteiger charge is 2.61. The highest BCUT2D eigenvalue weighted by Crippen LogP contribution is 2.57. The molecule has 2 aromatic rings. The molecule has 0 radical (unpaired) electrons. The standard InChI is InChI=1S/C21H30FN6O7P/c1-4-31-17-14-16(25-20(23)26-17)28(10-24-14)19-21(3,22)15-13(34-19)9-32-36(30,35-15)27-11(2)18(29)33-12-7-5-6-8-12/h10-13,15,19H,4-9H2,1-3H3,(H,27,30)(H2,23,25,26)/t11-,13-,15-,19-,21-,36?/m1/s1. The number of aromatic nitrogens is 4. The number of anilines is 1. The van der Waals surface area contributed by atoms with E-state index in [2.05, 4.69) is 20.0 Å². The van der Waals surface area contributed by atoms with E-state index < -0.39 is 43.9 Å². The average Bonchev–Trinajstić information content (AvgIpc) is 3.53. The fourth-order valence-corrected chi connectivity index (χ4v) is 6.57. The van der Waals surface area contributed by atoms with E-state index in [1.54, 1.807) is 6.92 Å². The Morgan fingerprint density at radius 1 is 1.42 bits per heavy atom. The molecule has 198 valence electrons. The molecule has 0 bridgehead atoms. The van der Waals surface area contributed by atoms with Crippen molar-refractivity contribution >= 4 is 30.8 Å². The lowest BCUT2D eigenvalue weighted by atomic mass is 9.98. The molecule has 2 saturated heterocycles. The average molecular weight is 528 g/mol. The Labute approximate surface area is 206 Å². The number of nitrogens with zero attached hydrogens (tertiary/aromatic N) is 4. The number of fused-ring (bicyclic) bond motifs is 2. The van der Waals surface area contributed by atoms with Crippen LogP contribution in [0.4, 0.5) is 10.3 Å². The molecule has 2 aromatic heterocycles. The van der Waals surface area contributed by atoms with Crippen molar-refractivity contribution in [3.05, 3.63) is 6.33 Å². The smallest absolute Gasteiger partial charge is 0.406 e. The van der Waals surface area contributed by atoms with Gasteiger partial charge >= 0.3 is 13.7 Å². The molecule has 5 rings (SSSR count). The summed E-state index contributed by atoms with van der Waals surface area (Å²) in [5, 5.41) is 2.57. The molecule has 1 saturated carbocycles. The number of alkyl halides is 1. The van der Waals surface area contributed by atoms with E-state index in [0.29, 0.717) is 12.1 Å². The zero-order chi connectivity index (χ0) is 25.7. The molecule has 13 nitrogen and oxygen atoms in total. The van der Waals surface area contributed by atoms with Crippen molar-refractivity contribution in [2.75, 3.05) is 18.9 Å². The van der Waals surface area contributed by atoms with Gasteiger partial charge in [-0.1, -0.05) is 0 Å². The first-order valence-corrected chi connectivity index (χ1v) is 13.5. The fraction of sp³-hybridized carbons (Fsp3) is 0.714. The van der Waals surface area contributed by atoms with Gasteiger partial charge in [0, 0.05) is 0 Å². The Morgan fingerprint density at radius 3 is 2.89 bits per heavy atom. The van der Waals surface area contributed by atoms with Crippen LogP contribution in [0.3, 0.4) is 0 Å². The zero-order valence-electron chi connectivity index (χ0n) is 20.3. The summed E-state index contributed by atoms with van der Waals surface area (Å²) in [5.74, 6) is -0.473. The van der Waals surface area contributed by atoms with E-state index in [4.69, 9.17) is 29.0 Å². The molecule has 6 atom stereocenters. The molecule has 3 fully saturated rings. The summed E-state index contributed by atoms with van der Waals surface area (Å²) in [4.78, 5) is 24.9. The minimum Gasteiger partial charge on any atom is -0.476 e. The summed E-state index contributed by atoms with van der Waals surface area (Å²) in [5.41, 5.74) is 4.14. The second-order valence-corrected chi connectivity index (χ2v) is 11.1. The van der Waals surface area contributed by atoms with Crippen LogP contribution in [-0.4, -0.2) is 68.7 Å². The van der Waals surface area contributed by atoms with Crippen molar-refractivity contribution in [2.24, 2.45) is 0 Å². The Hall–Kier alpha value is -2.38. The van der Waals surface area contributed by atoms with E-state index in [1.165, 1.54) is 24.7 Å². The number of carbonyl (C=O) groups is 1. The highest BCUT2D eigenvalue weighted by atomic mass is 31.2. The van der Waals surface area contributed by atoms with Gasteiger partial charge in [0.15, 0.2) is 23.1 Å². The number of carbonyl (C=O) groups excluding carboxylic acids is 1. The molecule has 0 amide bonds. The van der Waals surface area contributed by atoms with Gasteiger partial charge in [-0.3, -0.25) is 18.4 Å². The molecular weight excluding hydrogens is 498 g/mol. The number of nitrogen functional groups attached to an aromatic ring is 1. The number of esters is 1. The third-order valence-corrected chi connectivity index (χ3v) is 8.27. The largest absolute Gasteiger partial charge is 0.476 e. The van der Waals surface area contributed by atoms with Crippen molar-refractivity contribution in [1.82, 2.24) is 24.6 Å². The Bertz CT molecular complexity index is 1190. The summed E-state index contributed by atoms with van der Waals surface area (Å²) >= 11 is 0. The molecule has 4 heterocycles. The molecule has 3 aliphatic rings. The number of nitrogens with two attached hydrogens (primary N) is 1. The van der Waals surface area contributed by atoms with E-state index in [-0.39, 0.29) is 30.2 Å². The van der Waals surface area contributed by atoms with Gasteiger partial charge in [-0.05, 0) is 46.5 Å². The third-order valence-electron chi connectivity index (χ3n) is 6.57. The van der Waals surface area contributed by atoms with Crippen molar-refractivity contribution in [1.29, 1.82) is 0 Å². The lowest BCUT2D eigenvalue weighted by Gasteiger charge is -2.35. The van der Waals surface area contributed by atoms with Crippen LogP contribution in [-0.2, 0) is 27.9 Å². The molecule has 1 aliphatic carbocycles. The van der Waals surface area contributed by atoms with Crippen LogP contribution in [0.5, 0.6) is 5.88 Å². The molecule has 1 unspecified atom stereocenters. The Kier molecular flexibility index (Phi) is 6.66. The summed E-state index contributed by atoms with van der Waals surface area (Å²) in [6.07, 6.45) is 1.41. The normalized spacial score (nSPS) is 33.5. The summed E-state index contributed by atoms with van der Waals surface area (Å²) < 4.78 is 58.9. The zero-order valence-corrected chi connectivity index (χ0v) is 21.2. The van der Waals surface area contributed by atoms with Gasteiger partial charge in [-0.2, -0.15) is 9.97 Å². The molecular formula is C21H30FN6O7P. The first-order chi connectivity index (χ1) is 17.1.